The van der Waals surface area contributed by atoms with Gasteiger partial charge >= 0.3 is 0 Å². The molecule has 0 radical (unpaired) electrons. The van der Waals surface area contributed by atoms with Crippen molar-refractivity contribution in [2.45, 2.75) is 50.5 Å². The fraction of sp³-hybridized carbons (Fsp3) is 0.444. The first-order chi connectivity index (χ1) is 11.7. The van der Waals surface area contributed by atoms with Crippen molar-refractivity contribution < 1.29 is 0 Å². The van der Waals surface area contributed by atoms with Crippen molar-refractivity contribution in [3.63, 3.8) is 0 Å². The zero-order valence-electron chi connectivity index (χ0n) is 13.4. The Morgan fingerprint density at radius 2 is 1.83 bits per heavy atom. The summed E-state index contributed by atoms with van der Waals surface area (Å²) in [7, 11) is 0. The Kier molecular flexibility index (Phi) is 4.81. The molecule has 0 unspecified atom stereocenters. The topological polar surface area (TPSA) is 49.8 Å². The first-order valence-electron chi connectivity index (χ1n) is 8.55. The van der Waals surface area contributed by atoms with Gasteiger partial charge in [0.15, 0.2) is 0 Å². The van der Waals surface area contributed by atoms with E-state index in [1.165, 1.54) is 38.5 Å². The van der Waals surface area contributed by atoms with Gasteiger partial charge in [-0.25, -0.2) is 4.98 Å². The number of nitrogens with zero attached hydrogens (tertiary/aromatic N) is 2. The second kappa shape index (κ2) is 7.04. The van der Waals surface area contributed by atoms with Gasteiger partial charge in [0.25, 0.3) is 0 Å². The second-order valence-electron chi connectivity index (χ2n) is 6.65. The van der Waals surface area contributed by atoms with E-state index in [-0.39, 0.29) is 0 Å². The summed E-state index contributed by atoms with van der Waals surface area (Å²) in [6.07, 6.45) is 7.46. The maximum absolute atomic E-state index is 6.35. The monoisotopic (exact) mass is 454 g/mol. The van der Waals surface area contributed by atoms with Gasteiger partial charge in [-0.15, -0.1) is 0 Å². The molecule has 1 aromatic carbocycles. The summed E-state index contributed by atoms with van der Waals surface area (Å²) in [5.74, 6) is 2.15. The third kappa shape index (κ3) is 3.94. The van der Waals surface area contributed by atoms with Crippen LogP contribution in [0.2, 0.25) is 5.02 Å². The van der Waals surface area contributed by atoms with Crippen molar-refractivity contribution in [2.75, 3.05) is 10.6 Å². The molecule has 0 aliphatic heterocycles. The number of nitrogens with one attached hydrogen (secondary N) is 2. The molecule has 2 saturated carbocycles. The number of rotatable bonds is 5. The molecule has 126 valence electrons. The van der Waals surface area contributed by atoms with Gasteiger partial charge in [0.05, 0.1) is 16.4 Å². The molecule has 4 rings (SSSR count). The van der Waals surface area contributed by atoms with Crippen molar-refractivity contribution >= 4 is 51.6 Å². The van der Waals surface area contributed by atoms with Crippen LogP contribution >= 0.6 is 34.2 Å². The van der Waals surface area contributed by atoms with Crippen molar-refractivity contribution in [1.82, 2.24) is 9.97 Å². The number of benzene rings is 1. The van der Waals surface area contributed by atoms with Crippen molar-refractivity contribution in [3.05, 3.63) is 38.6 Å². The molecule has 2 aliphatic rings. The largest absolute Gasteiger partial charge is 0.351 e. The molecule has 0 spiro atoms. The SMILES string of the molecule is Clc1cc(I)ccc1Nc1cc(C2CC2)nc(NC2CCCC2)n1. The van der Waals surface area contributed by atoms with Crippen LogP contribution in [0.25, 0.3) is 0 Å². The van der Waals surface area contributed by atoms with E-state index in [9.17, 15) is 0 Å². The summed E-state index contributed by atoms with van der Waals surface area (Å²) >= 11 is 8.61. The lowest BCUT2D eigenvalue weighted by Crippen LogP contribution is -2.17. The van der Waals surface area contributed by atoms with Crippen LogP contribution in [0.4, 0.5) is 17.5 Å². The number of hydrogen-bond donors (Lipinski definition) is 2. The summed E-state index contributed by atoms with van der Waals surface area (Å²) < 4.78 is 1.12. The van der Waals surface area contributed by atoms with Crippen LogP contribution in [-0.4, -0.2) is 16.0 Å². The molecule has 0 amide bonds. The molecular weight excluding hydrogens is 435 g/mol. The molecule has 2 aromatic rings. The van der Waals surface area contributed by atoms with Crippen LogP contribution in [0.15, 0.2) is 24.3 Å². The van der Waals surface area contributed by atoms with E-state index in [1.807, 2.05) is 18.2 Å². The van der Waals surface area contributed by atoms with E-state index in [4.69, 9.17) is 16.6 Å². The van der Waals surface area contributed by atoms with Crippen LogP contribution in [-0.2, 0) is 0 Å². The normalized spacial score (nSPS) is 17.9. The lowest BCUT2D eigenvalue weighted by Gasteiger charge is -2.15. The molecule has 2 N–H and O–H groups in total. The molecule has 0 saturated heterocycles. The Labute approximate surface area is 161 Å². The maximum Gasteiger partial charge on any atom is 0.225 e. The van der Waals surface area contributed by atoms with Crippen LogP contribution in [0.3, 0.4) is 0 Å². The number of aromatic nitrogens is 2. The summed E-state index contributed by atoms with van der Waals surface area (Å²) in [5, 5.41) is 7.59. The van der Waals surface area contributed by atoms with Crippen LogP contribution in [0, 0.1) is 3.57 Å². The molecule has 0 bridgehead atoms. The summed E-state index contributed by atoms with van der Waals surface area (Å²) in [6, 6.07) is 8.55. The van der Waals surface area contributed by atoms with E-state index >= 15 is 0 Å². The fourth-order valence-corrected chi connectivity index (χ4v) is 4.07. The van der Waals surface area contributed by atoms with Gasteiger partial charge in [0, 0.05) is 21.6 Å². The zero-order chi connectivity index (χ0) is 16.5. The van der Waals surface area contributed by atoms with Crippen molar-refractivity contribution in [2.24, 2.45) is 0 Å². The molecule has 2 fully saturated rings. The number of hydrogen-bond acceptors (Lipinski definition) is 4. The first-order valence-corrected chi connectivity index (χ1v) is 10.0. The van der Waals surface area contributed by atoms with Crippen molar-refractivity contribution in [3.8, 4) is 0 Å². The van der Waals surface area contributed by atoms with Crippen LogP contribution in [0.5, 0.6) is 0 Å². The van der Waals surface area contributed by atoms with Gasteiger partial charge in [0.1, 0.15) is 5.82 Å². The zero-order valence-corrected chi connectivity index (χ0v) is 16.3. The predicted molar refractivity (Wildman–Crippen MR) is 107 cm³/mol. The van der Waals surface area contributed by atoms with E-state index in [2.05, 4.69) is 44.3 Å². The highest BCUT2D eigenvalue weighted by atomic mass is 127. The van der Waals surface area contributed by atoms with Gasteiger partial charge in [-0.2, -0.15) is 4.98 Å². The predicted octanol–water partition coefficient (Wildman–Crippen LogP) is 5.71. The summed E-state index contributed by atoms with van der Waals surface area (Å²) in [4.78, 5) is 9.41. The van der Waals surface area contributed by atoms with Gasteiger partial charge in [-0.05, 0) is 66.5 Å². The van der Waals surface area contributed by atoms with Gasteiger partial charge in [0.2, 0.25) is 5.95 Å². The van der Waals surface area contributed by atoms with Gasteiger partial charge in [-0.3, -0.25) is 0 Å². The number of halogens is 2. The lowest BCUT2D eigenvalue weighted by molar-refractivity contribution is 0.742. The standard InChI is InChI=1S/C18H20ClIN4/c19-14-9-12(20)7-8-15(14)22-17-10-16(11-5-6-11)23-18(24-17)21-13-3-1-2-4-13/h7-11,13H,1-6H2,(H2,21,22,23,24). The Bertz CT molecular complexity index is 742. The highest BCUT2D eigenvalue weighted by molar-refractivity contribution is 14.1. The molecule has 2 aliphatic carbocycles. The van der Waals surface area contributed by atoms with E-state index in [0.717, 1.165) is 26.7 Å². The average Bonchev–Trinajstić information content (AvgIpc) is 3.29. The quantitative estimate of drug-likeness (QED) is 0.568. The minimum absolute atomic E-state index is 0.509. The number of anilines is 3. The molecule has 6 heteroatoms. The van der Waals surface area contributed by atoms with Gasteiger partial charge in [-0.1, -0.05) is 24.4 Å². The first kappa shape index (κ1) is 16.4. The molecule has 4 nitrogen and oxygen atoms in total. The van der Waals surface area contributed by atoms with Crippen LogP contribution < -0.4 is 10.6 Å². The van der Waals surface area contributed by atoms with E-state index in [1.54, 1.807) is 0 Å². The Balaban J connectivity index is 1.59. The second-order valence-corrected chi connectivity index (χ2v) is 8.30. The fourth-order valence-electron chi connectivity index (χ4n) is 3.16. The average molecular weight is 455 g/mol. The minimum Gasteiger partial charge on any atom is -0.351 e. The molecular formula is C18H20ClIN4. The minimum atomic E-state index is 0.509. The molecule has 0 atom stereocenters. The van der Waals surface area contributed by atoms with Crippen molar-refractivity contribution in [1.29, 1.82) is 0 Å². The summed E-state index contributed by atoms with van der Waals surface area (Å²) in [5.41, 5.74) is 2.01. The van der Waals surface area contributed by atoms with E-state index in [0.29, 0.717) is 17.0 Å². The third-order valence-corrected chi connectivity index (χ3v) is 5.61. The smallest absolute Gasteiger partial charge is 0.225 e. The van der Waals surface area contributed by atoms with Gasteiger partial charge < -0.3 is 10.6 Å². The van der Waals surface area contributed by atoms with E-state index < -0.39 is 0 Å². The summed E-state index contributed by atoms with van der Waals surface area (Å²) in [6.45, 7) is 0. The Morgan fingerprint density at radius 1 is 1.04 bits per heavy atom. The third-order valence-electron chi connectivity index (χ3n) is 4.62. The molecule has 24 heavy (non-hydrogen) atoms. The Hall–Kier alpha value is -1.08. The highest BCUT2D eigenvalue weighted by Gasteiger charge is 2.27. The van der Waals surface area contributed by atoms with Crippen LogP contribution in [0.1, 0.15) is 50.1 Å². The lowest BCUT2D eigenvalue weighted by atomic mass is 10.2. The maximum atomic E-state index is 6.35. The molecule has 1 aromatic heterocycles. The Morgan fingerprint density at radius 3 is 2.54 bits per heavy atom. The molecule has 1 heterocycles. The highest BCUT2D eigenvalue weighted by Crippen LogP contribution is 2.40.